The molecule has 4 aromatic rings. The minimum atomic E-state index is -0.888. The van der Waals surface area contributed by atoms with Crippen LogP contribution < -0.4 is 9.47 Å². The Labute approximate surface area is 198 Å². The van der Waals surface area contributed by atoms with Gasteiger partial charge < -0.3 is 14.6 Å². The maximum absolute atomic E-state index is 11.4. The third-order valence-corrected chi connectivity index (χ3v) is 5.56. The van der Waals surface area contributed by atoms with Crippen molar-refractivity contribution < 1.29 is 19.4 Å². The minimum Gasteiger partial charge on any atom is -0.494 e. The van der Waals surface area contributed by atoms with Crippen LogP contribution in [0.5, 0.6) is 11.5 Å². The average Bonchev–Trinajstić information content (AvgIpc) is 3.28. The fraction of sp³-hybridized carbons (Fsp3) is 0.222. The Morgan fingerprint density at radius 2 is 1.74 bits per heavy atom. The highest BCUT2D eigenvalue weighted by Gasteiger charge is 2.22. The average molecular weight is 458 g/mol. The van der Waals surface area contributed by atoms with Gasteiger partial charge in [-0.2, -0.15) is 5.10 Å². The molecule has 0 unspecified atom stereocenters. The van der Waals surface area contributed by atoms with Crippen molar-refractivity contribution in [3.8, 4) is 22.6 Å². The first-order valence-corrected chi connectivity index (χ1v) is 11.1. The number of hydrogen-bond donors (Lipinski definition) is 1. The number of benzene rings is 3. The van der Waals surface area contributed by atoms with Crippen LogP contribution in [-0.2, 0) is 18.4 Å². The van der Waals surface area contributed by atoms with Crippen LogP contribution in [-0.4, -0.2) is 32.4 Å². The fourth-order valence-corrected chi connectivity index (χ4v) is 3.84. The zero-order chi connectivity index (χ0) is 23.9. The summed E-state index contributed by atoms with van der Waals surface area (Å²) in [4.78, 5) is 15.6. The summed E-state index contributed by atoms with van der Waals surface area (Å²) in [5.74, 6) is 0.919. The molecule has 174 valence electrons. The van der Waals surface area contributed by atoms with Gasteiger partial charge in [0.1, 0.15) is 30.3 Å². The molecule has 0 radical (unpaired) electrons. The molecule has 0 aliphatic carbocycles. The third-order valence-electron chi connectivity index (χ3n) is 5.56. The molecule has 0 saturated carbocycles. The molecule has 0 bridgehead atoms. The summed E-state index contributed by atoms with van der Waals surface area (Å²) in [6.07, 6.45) is 1.37. The molecular weight excluding hydrogens is 430 g/mol. The second kappa shape index (κ2) is 10.7. The van der Waals surface area contributed by atoms with Gasteiger partial charge in [0.05, 0.1) is 18.9 Å². The number of aliphatic carboxylic acids is 1. The van der Waals surface area contributed by atoms with Crippen molar-refractivity contribution in [1.82, 2.24) is 14.8 Å². The number of ether oxygens (including phenoxy) is 2. The van der Waals surface area contributed by atoms with Crippen LogP contribution >= 0.6 is 0 Å². The Bertz CT molecular complexity index is 1230. The Morgan fingerprint density at radius 1 is 0.971 bits per heavy atom. The SMILES string of the molecule is CCOc1cccc(-c2ccc(COc3ccc([C@H](CC(=O)O)c4ncnn4C)cc3)cc2)c1. The zero-order valence-corrected chi connectivity index (χ0v) is 19.2. The molecule has 4 rings (SSSR count). The van der Waals surface area contributed by atoms with Gasteiger partial charge in [0.2, 0.25) is 0 Å². The lowest BCUT2D eigenvalue weighted by Crippen LogP contribution is -2.13. The summed E-state index contributed by atoms with van der Waals surface area (Å²) in [5.41, 5.74) is 4.12. The summed E-state index contributed by atoms with van der Waals surface area (Å²) in [6, 6.07) is 23.8. The Hall–Kier alpha value is -4.13. The van der Waals surface area contributed by atoms with Crippen molar-refractivity contribution in [3.63, 3.8) is 0 Å². The first-order valence-electron chi connectivity index (χ1n) is 11.1. The normalized spacial score (nSPS) is 11.7. The predicted molar refractivity (Wildman–Crippen MR) is 129 cm³/mol. The maximum atomic E-state index is 11.4. The van der Waals surface area contributed by atoms with Crippen LogP contribution in [0.2, 0.25) is 0 Å². The molecule has 0 aliphatic rings. The van der Waals surface area contributed by atoms with Crippen molar-refractivity contribution in [2.45, 2.75) is 25.9 Å². The molecule has 0 saturated heterocycles. The largest absolute Gasteiger partial charge is 0.494 e. The number of aromatic nitrogens is 3. The van der Waals surface area contributed by atoms with Gasteiger partial charge in [-0.25, -0.2) is 4.98 Å². The highest BCUT2D eigenvalue weighted by atomic mass is 16.5. The highest BCUT2D eigenvalue weighted by Crippen LogP contribution is 2.28. The maximum Gasteiger partial charge on any atom is 0.304 e. The molecule has 3 aromatic carbocycles. The van der Waals surface area contributed by atoms with Crippen LogP contribution in [0.15, 0.2) is 79.1 Å². The molecule has 34 heavy (non-hydrogen) atoms. The monoisotopic (exact) mass is 457 g/mol. The topological polar surface area (TPSA) is 86.5 Å². The second-order valence-electron chi connectivity index (χ2n) is 7.91. The van der Waals surface area contributed by atoms with E-state index in [1.807, 2.05) is 61.5 Å². The Balaban J connectivity index is 1.41. The molecule has 1 atom stereocenters. The van der Waals surface area contributed by atoms with E-state index in [1.54, 1.807) is 11.7 Å². The van der Waals surface area contributed by atoms with Crippen molar-refractivity contribution in [2.24, 2.45) is 7.05 Å². The van der Waals surface area contributed by atoms with Crippen molar-refractivity contribution in [2.75, 3.05) is 6.61 Å². The predicted octanol–water partition coefficient (Wildman–Crippen LogP) is 5.07. The molecule has 0 fully saturated rings. The molecule has 1 aromatic heterocycles. The van der Waals surface area contributed by atoms with E-state index in [1.165, 1.54) is 6.33 Å². The Morgan fingerprint density at radius 3 is 2.38 bits per heavy atom. The molecule has 0 amide bonds. The molecule has 0 aliphatic heterocycles. The van der Waals surface area contributed by atoms with Crippen LogP contribution in [0.25, 0.3) is 11.1 Å². The number of carboxylic acids is 1. The van der Waals surface area contributed by atoms with Crippen molar-refractivity contribution in [3.05, 3.63) is 96.1 Å². The van der Waals surface area contributed by atoms with E-state index >= 15 is 0 Å². The van der Waals surface area contributed by atoms with Gasteiger partial charge in [-0.3, -0.25) is 9.48 Å². The molecule has 7 nitrogen and oxygen atoms in total. The lowest BCUT2D eigenvalue weighted by Gasteiger charge is -2.15. The second-order valence-corrected chi connectivity index (χ2v) is 7.91. The van der Waals surface area contributed by atoms with Gasteiger partial charge >= 0.3 is 5.97 Å². The summed E-state index contributed by atoms with van der Waals surface area (Å²) < 4.78 is 13.1. The van der Waals surface area contributed by atoms with E-state index < -0.39 is 5.97 Å². The lowest BCUT2D eigenvalue weighted by atomic mass is 9.95. The highest BCUT2D eigenvalue weighted by molar-refractivity contribution is 5.68. The van der Waals surface area contributed by atoms with Gasteiger partial charge in [0, 0.05) is 7.05 Å². The Kier molecular flexibility index (Phi) is 7.22. The quantitative estimate of drug-likeness (QED) is 0.358. The number of rotatable bonds is 10. The van der Waals surface area contributed by atoms with Gasteiger partial charge in [0.15, 0.2) is 0 Å². The fourth-order valence-electron chi connectivity index (χ4n) is 3.84. The van der Waals surface area contributed by atoms with Crippen LogP contribution in [0.1, 0.15) is 36.2 Å². The van der Waals surface area contributed by atoms with Crippen molar-refractivity contribution >= 4 is 5.97 Å². The zero-order valence-electron chi connectivity index (χ0n) is 19.2. The number of carbonyl (C=O) groups is 1. The van der Waals surface area contributed by atoms with Gasteiger partial charge in [-0.05, 0) is 53.4 Å². The van der Waals surface area contributed by atoms with E-state index in [2.05, 4.69) is 28.3 Å². The summed E-state index contributed by atoms with van der Waals surface area (Å²) in [5, 5.41) is 13.4. The van der Waals surface area contributed by atoms with E-state index in [4.69, 9.17) is 9.47 Å². The first-order chi connectivity index (χ1) is 16.5. The number of aryl methyl sites for hydroxylation is 1. The summed E-state index contributed by atoms with van der Waals surface area (Å²) in [6.45, 7) is 3.04. The molecule has 1 N–H and O–H groups in total. The minimum absolute atomic E-state index is 0.0629. The number of hydrogen-bond acceptors (Lipinski definition) is 5. The summed E-state index contributed by atoms with van der Waals surface area (Å²) in [7, 11) is 1.76. The van der Waals surface area contributed by atoms with Crippen molar-refractivity contribution in [1.29, 1.82) is 0 Å². The molecular formula is C27H27N3O4. The summed E-state index contributed by atoms with van der Waals surface area (Å²) >= 11 is 0. The smallest absolute Gasteiger partial charge is 0.304 e. The lowest BCUT2D eigenvalue weighted by molar-refractivity contribution is -0.137. The van der Waals surface area contributed by atoms with Gasteiger partial charge in [-0.1, -0.05) is 48.5 Å². The number of carboxylic acid groups (broad SMARTS) is 1. The molecule has 0 spiro atoms. The van der Waals surface area contributed by atoms with Crippen LogP contribution in [0, 0.1) is 0 Å². The van der Waals surface area contributed by atoms with Crippen LogP contribution in [0.3, 0.4) is 0 Å². The molecule has 7 heteroatoms. The third kappa shape index (κ3) is 5.61. The first kappa shape index (κ1) is 23.0. The standard InChI is InChI=1S/C27H27N3O4/c1-3-33-24-6-4-5-22(15-24)20-9-7-19(8-10-20)17-34-23-13-11-21(12-14-23)25(16-26(31)32)27-28-18-29-30(27)2/h4-15,18,25H,3,16-17H2,1-2H3,(H,31,32)/t25-/m0/s1. The van der Waals surface area contributed by atoms with Crippen LogP contribution in [0.4, 0.5) is 0 Å². The van der Waals surface area contributed by atoms with E-state index in [9.17, 15) is 9.90 Å². The van der Waals surface area contributed by atoms with Gasteiger partial charge in [0.25, 0.3) is 0 Å². The van der Waals surface area contributed by atoms with E-state index in [-0.39, 0.29) is 12.3 Å². The van der Waals surface area contributed by atoms with Gasteiger partial charge in [-0.15, -0.1) is 0 Å². The van der Waals surface area contributed by atoms with E-state index in [0.29, 0.717) is 24.8 Å². The van der Waals surface area contributed by atoms with E-state index in [0.717, 1.165) is 28.0 Å². The number of nitrogens with zero attached hydrogens (tertiary/aromatic N) is 3. The molecule has 1 heterocycles.